The van der Waals surface area contributed by atoms with Crippen molar-refractivity contribution < 1.29 is 47.3 Å². The Bertz CT molecular complexity index is 3260. The molecule has 8 rings (SSSR count). The number of aliphatic carboxylic acids is 1. The number of carboxylic acid groups (broad SMARTS) is 1. The predicted octanol–water partition coefficient (Wildman–Crippen LogP) is 13.8. The second-order valence-electron chi connectivity index (χ2n) is 20.1. The van der Waals surface area contributed by atoms with Gasteiger partial charge in [-0.15, -0.1) is 0 Å². The van der Waals surface area contributed by atoms with Gasteiger partial charge in [0, 0.05) is 71.6 Å². The molecule has 2 unspecified atom stereocenters. The number of anilines is 2. The number of fused-ring (bicyclic) bond motifs is 2. The summed E-state index contributed by atoms with van der Waals surface area (Å²) in [6, 6.07) is 46.5. The Kier molecular flexibility index (Phi) is 19.8. The summed E-state index contributed by atoms with van der Waals surface area (Å²) < 4.78 is 29.7. The summed E-state index contributed by atoms with van der Waals surface area (Å²) in [5, 5.41) is 18.1. The number of nitrogens with one attached hydrogen (secondary N) is 2. The maximum absolute atomic E-state index is 12.8. The van der Waals surface area contributed by atoms with Crippen molar-refractivity contribution in [3.05, 3.63) is 190 Å². The van der Waals surface area contributed by atoms with Gasteiger partial charge >= 0.3 is 11.9 Å². The van der Waals surface area contributed by atoms with Gasteiger partial charge in [-0.25, -0.2) is 0 Å². The van der Waals surface area contributed by atoms with Crippen molar-refractivity contribution in [3.8, 4) is 11.5 Å². The first-order valence-electron chi connectivity index (χ1n) is 26.5. The number of hydrogen-bond donors (Lipinski definition) is 3. The standard InChI is InChI=1S/C33H38N2O5.C31H34N2O5/c1-6-38-30(36)18-19-35(5)33(37)25-12-14-26(15-13-25)34-31(22(2)3)32-23(4)28-20-27(16-17-29(28)40-32)39-21-24-10-8-7-9-11-24;1-20(2)29(32-24-12-10-23(11-13-24)31(36)33(4)17-16-28(34)35)30-21(3)26-18-25(14-15-27(26)38-30)37-19-22-8-6-5-7-9-22/h7-17,20,22,31,34H,6,18-19,21H2,1-5H3;5-15,18,20,29,32H,16-17,19H2,1-4H3,(H,34,35). The van der Waals surface area contributed by atoms with Crippen molar-refractivity contribution in [2.75, 3.05) is 44.4 Å². The van der Waals surface area contributed by atoms with E-state index in [-0.39, 0.29) is 61.1 Å². The van der Waals surface area contributed by atoms with Crippen LogP contribution in [-0.4, -0.2) is 72.5 Å². The largest absolute Gasteiger partial charge is 0.489 e. The molecule has 0 bridgehead atoms. The summed E-state index contributed by atoms with van der Waals surface area (Å²) in [6.07, 6.45) is 0.0821. The molecule has 3 N–H and O–H groups in total. The third kappa shape index (κ3) is 15.1. The highest BCUT2D eigenvalue weighted by Crippen LogP contribution is 2.38. The van der Waals surface area contributed by atoms with Crippen LogP contribution in [0.15, 0.2) is 154 Å². The minimum Gasteiger partial charge on any atom is -0.489 e. The molecule has 2 atom stereocenters. The van der Waals surface area contributed by atoms with Crippen LogP contribution in [0.1, 0.15) is 114 Å². The number of hydrogen-bond acceptors (Lipinski definition) is 11. The van der Waals surface area contributed by atoms with Gasteiger partial charge < -0.3 is 48.6 Å². The normalized spacial score (nSPS) is 11.9. The highest BCUT2D eigenvalue weighted by atomic mass is 16.5. The molecule has 0 spiro atoms. The summed E-state index contributed by atoms with van der Waals surface area (Å²) in [5.41, 5.74) is 8.80. The molecule has 8 aromatic rings. The van der Waals surface area contributed by atoms with Crippen molar-refractivity contribution in [2.24, 2.45) is 11.8 Å². The van der Waals surface area contributed by atoms with Gasteiger partial charge in [0.25, 0.3) is 11.8 Å². The van der Waals surface area contributed by atoms with Gasteiger partial charge in [-0.1, -0.05) is 88.4 Å². The summed E-state index contributed by atoms with van der Waals surface area (Å²) >= 11 is 0. The fourth-order valence-electron chi connectivity index (χ4n) is 8.94. The Morgan fingerprint density at radius 1 is 0.551 bits per heavy atom. The third-order valence-electron chi connectivity index (χ3n) is 13.5. The minimum atomic E-state index is -0.930. The van der Waals surface area contributed by atoms with Crippen LogP contribution in [0, 0.1) is 25.7 Å². The van der Waals surface area contributed by atoms with E-state index < -0.39 is 5.97 Å². The number of amides is 2. The van der Waals surface area contributed by atoms with Crippen molar-refractivity contribution in [1.29, 1.82) is 0 Å². The third-order valence-corrected chi connectivity index (χ3v) is 13.5. The van der Waals surface area contributed by atoms with E-state index in [0.717, 1.165) is 78.6 Å². The summed E-state index contributed by atoms with van der Waals surface area (Å²) in [5.74, 6) is 2.21. The Hall–Kier alpha value is -8.52. The van der Waals surface area contributed by atoms with Crippen LogP contribution in [0.3, 0.4) is 0 Å². The number of carboxylic acids is 1. The number of rotatable bonds is 23. The summed E-state index contributed by atoms with van der Waals surface area (Å²) in [6.45, 7) is 16.3. The highest BCUT2D eigenvalue weighted by Gasteiger charge is 2.26. The molecule has 0 aliphatic carbocycles. The predicted molar refractivity (Wildman–Crippen MR) is 306 cm³/mol. The molecule has 2 aromatic heterocycles. The van der Waals surface area contributed by atoms with Crippen LogP contribution in [-0.2, 0) is 27.5 Å². The molecule has 0 saturated carbocycles. The first-order valence-corrected chi connectivity index (χ1v) is 26.5. The smallest absolute Gasteiger partial charge is 0.307 e. The Morgan fingerprint density at radius 3 is 1.32 bits per heavy atom. The molecule has 408 valence electrons. The first kappa shape index (κ1) is 57.2. The van der Waals surface area contributed by atoms with E-state index in [0.29, 0.717) is 37.5 Å². The fourth-order valence-corrected chi connectivity index (χ4v) is 8.94. The van der Waals surface area contributed by atoms with Gasteiger partial charge in [-0.05, 0) is 129 Å². The zero-order valence-electron chi connectivity index (χ0n) is 46.1. The molecule has 2 heterocycles. The number of aryl methyl sites for hydroxylation is 2. The molecule has 0 radical (unpaired) electrons. The zero-order chi connectivity index (χ0) is 55.9. The minimum absolute atomic E-state index is 0.0742. The van der Waals surface area contributed by atoms with Crippen molar-refractivity contribution >= 4 is 57.1 Å². The van der Waals surface area contributed by atoms with Gasteiger partial charge in [-0.2, -0.15) is 0 Å². The van der Waals surface area contributed by atoms with E-state index in [1.165, 1.54) is 9.80 Å². The lowest BCUT2D eigenvalue weighted by atomic mass is 9.97. The average molecular weight is 1060 g/mol. The summed E-state index contributed by atoms with van der Waals surface area (Å²) in [7, 11) is 3.29. The van der Waals surface area contributed by atoms with Crippen LogP contribution in [0.5, 0.6) is 11.5 Å². The monoisotopic (exact) mass is 1060 g/mol. The second-order valence-corrected chi connectivity index (χ2v) is 20.1. The van der Waals surface area contributed by atoms with Gasteiger partial charge in [0.1, 0.15) is 47.4 Å². The number of benzene rings is 6. The quantitative estimate of drug-likeness (QED) is 0.0518. The van der Waals surface area contributed by atoms with E-state index in [9.17, 15) is 19.2 Å². The van der Waals surface area contributed by atoms with Crippen LogP contribution in [0.25, 0.3) is 21.9 Å². The Labute approximate surface area is 457 Å². The molecule has 14 nitrogen and oxygen atoms in total. The molecule has 0 aliphatic heterocycles. The highest BCUT2D eigenvalue weighted by molar-refractivity contribution is 5.95. The van der Waals surface area contributed by atoms with E-state index in [4.69, 9.17) is 28.2 Å². The van der Waals surface area contributed by atoms with E-state index in [2.05, 4.69) is 52.2 Å². The van der Waals surface area contributed by atoms with Gasteiger partial charge in [0.15, 0.2) is 0 Å². The number of esters is 1. The van der Waals surface area contributed by atoms with Crippen LogP contribution in [0.4, 0.5) is 11.4 Å². The van der Waals surface area contributed by atoms with Crippen molar-refractivity contribution in [1.82, 2.24) is 9.80 Å². The summed E-state index contributed by atoms with van der Waals surface area (Å²) in [4.78, 5) is 50.8. The zero-order valence-corrected chi connectivity index (χ0v) is 46.1. The number of furan rings is 2. The van der Waals surface area contributed by atoms with Crippen molar-refractivity contribution in [3.63, 3.8) is 0 Å². The SMILES string of the molecule is CCOC(=O)CCN(C)C(=O)c1ccc(NC(c2oc3ccc(OCc4ccccc4)cc3c2C)C(C)C)cc1.Cc1c(C(Nc2ccc(C(=O)N(C)CCC(=O)O)cc2)C(C)C)oc2ccc(OCc3ccccc3)cc12. The molecule has 0 aliphatic rings. The molecular weight excluding hydrogens is 985 g/mol. The topological polar surface area (TPSA) is 173 Å². The maximum atomic E-state index is 12.8. The number of carbonyl (C=O) groups is 4. The number of nitrogens with zero attached hydrogens (tertiary/aromatic N) is 2. The van der Waals surface area contributed by atoms with E-state index in [1.807, 2.05) is 121 Å². The van der Waals surface area contributed by atoms with Crippen LogP contribution >= 0.6 is 0 Å². The molecule has 2 amide bonds. The Morgan fingerprint density at radius 2 is 0.949 bits per heavy atom. The van der Waals surface area contributed by atoms with Crippen molar-refractivity contribution in [2.45, 2.75) is 86.6 Å². The molecule has 0 saturated heterocycles. The first-order chi connectivity index (χ1) is 37.5. The average Bonchev–Trinajstić information content (AvgIpc) is 3.98. The maximum Gasteiger partial charge on any atom is 0.307 e. The number of ether oxygens (including phenoxy) is 3. The fraction of sp³-hybridized carbons (Fsp3) is 0.312. The lowest BCUT2D eigenvalue weighted by Crippen LogP contribution is -2.29. The lowest BCUT2D eigenvalue weighted by Gasteiger charge is -2.23. The molecule has 0 fully saturated rings. The molecule has 14 heteroatoms. The van der Waals surface area contributed by atoms with Gasteiger partial charge in [0.2, 0.25) is 0 Å². The molecule has 78 heavy (non-hydrogen) atoms. The van der Waals surface area contributed by atoms with E-state index >= 15 is 0 Å². The second kappa shape index (κ2) is 27.0. The van der Waals surface area contributed by atoms with Crippen LogP contribution < -0.4 is 20.1 Å². The van der Waals surface area contributed by atoms with Gasteiger partial charge in [-0.3, -0.25) is 19.2 Å². The number of carbonyl (C=O) groups excluding carboxylic acids is 3. The van der Waals surface area contributed by atoms with Gasteiger partial charge in [0.05, 0.1) is 31.5 Å². The lowest BCUT2D eigenvalue weighted by molar-refractivity contribution is -0.143. The molecular formula is C64H72N4O10. The Balaban J connectivity index is 0.000000226. The molecule has 6 aromatic carbocycles. The van der Waals surface area contributed by atoms with E-state index in [1.54, 1.807) is 45.3 Å². The van der Waals surface area contributed by atoms with Crippen LogP contribution in [0.2, 0.25) is 0 Å².